The third kappa shape index (κ3) is 3.58. The molecule has 0 spiro atoms. The van der Waals surface area contributed by atoms with Crippen molar-refractivity contribution in [3.05, 3.63) is 46.4 Å². The number of nitrogens with one attached hydrogen (secondary N) is 1. The monoisotopic (exact) mass is 324 g/mol. The predicted molar refractivity (Wildman–Crippen MR) is 83.5 cm³/mol. The second kappa shape index (κ2) is 6.35. The summed E-state index contributed by atoms with van der Waals surface area (Å²) >= 11 is 0. The van der Waals surface area contributed by atoms with Crippen molar-refractivity contribution in [2.24, 2.45) is 0 Å². The number of aryl methyl sites for hydroxylation is 1. The van der Waals surface area contributed by atoms with Crippen molar-refractivity contribution in [2.75, 3.05) is 6.54 Å². The van der Waals surface area contributed by atoms with Crippen LogP contribution in [0.1, 0.15) is 31.2 Å². The van der Waals surface area contributed by atoms with Gasteiger partial charge in [-0.25, -0.2) is 0 Å². The first kappa shape index (κ1) is 16.1. The number of halogens is 3. The van der Waals surface area contributed by atoms with Gasteiger partial charge in [0.15, 0.2) is 0 Å². The fourth-order valence-corrected chi connectivity index (χ4v) is 3.11. The second-order valence-electron chi connectivity index (χ2n) is 6.05. The van der Waals surface area contributed by atoms with E-state index in [0.717, 1.165) is 31.5 Å². The molecule has 6 heteroatoms. The molecule has 0 aliphatic carbocycles. The number of benzene rings is 1. The predicted octanol–water partition coefficient (Wildman–Crippen LogP) is 3.55. The highest BCUT2D eigenvalue weighted by Crippen LogP contribution is 2.30. The van der Waals surface area contributed by atoms with Crippen molar-refractivity contribution in [3.63, 3.8) is 0 Å². The zero-order chi connectivity index (χ0) is 16.4. The van der Waals surface area contributed by atoms with Crippen LogP contribution in [-0.2, 0) is 12.7 Å². The summed E-state index contributed by atoms with van der Waals surface area (Å²) in [4.78, 5) is 12.4. The van der Waals surface area contributed by atoms with Crippen LogP contribution in [-0.4, -0.2) is 17.2 Å². The Bertz CT molecular complexity index is 746. The van der Waals surface area contributed by atoms with Gasteiger partial charge in [-0.3, -0.25) is 4.79 Å². The Morgan fingerprint density at radius 1 is 1.22 bits per heavy atom. The first-order valence-corrected chi connectivity index (χ1v) is 7.89. The first-order valence-electron chi connectivity index (χ1n) is 7.89. The van der Waals surface area contributed by atoms with Gasteiger partial charge in [-0.1, -0.05) is 6.42 Å². The summed E-state index contributed by atoms with van der Waals surface area (Å²) in [5.41, 5.74) is -0.958. The highest BCUT2D eigenvalue weighted by atomic mass is 19.4. The number of aromatic nitrogens is 1. The van der Waals surface area contributed by atoms with Crippen LogP contribution >= 0.6 is 0 Å². The van der Waals surface area contributed by atoms with E-state index in [0.29, 0.717) is 23.4 Å². The van der Waals surface area contributed by atoms with Crippen molar-refractivity contribution in [1.29, 1.82) is 0 Å². The minimum atomic E-state index is -4.39. The number of pyridine rings is 1. The number of alkyl halides is 3. The highest BCUT2D eigenvalue weighted by Gasteiger charge is 2.30. The molecule has 3 rings (SSSR count). The standard InChI is InChI=1S/C17H19F3N2O/c18-17(19,20)13-4-5-15-12(11-13)6-9-22(16(15)23)10-7-14-3-1-2-8-21-14/h4-6,9,11,14,21H,1-3,7-8,10H2. The molecule has 124 valence electrons. The minimum absolute atomic E-state index is 0.230. The Morgan fingerprint density at radius 3 is 2.74 bits per heavy atom. The molecule has 0 bridgehead atoms. The van der Waals surface area contributed by atoms with E-state index in [1.807, 2.05) is 0 Å². The Labute approximate surface area is 132 Å². The Balaban J connectivity index is 1.82. The molecule has 2 aromatic rings. The molecule has 1 aromatic carbocycles. The van der Waals surface area contributed by atoms with E-state index in [1.165, 1.54) is 18.9 Å². The fourth-order valence-electron chi connectivity index (χ4n) is 3.11. The maximum Gasteiger partial charge on any atom is 0.416 e. The topological polar surface area (TPSA) is 34.0 Å². The SMILES string of the molecule is O=c1c2ccc(C(F)(F)F)cc2ccn1CCC1CCCCN1. The van der Waals surface area contributed by atoms with Crippen molar-refractivity contribution < 1.29 is 13.2 Å². The van der Waals surface area contributed by atoms with E-state index in [1.54, 1.807) is 16.8 Å². The van der Waals surface area contributed by atoms with Gasteiger partial charge in [0.2, 0.25) is 0 Å². The van der Waals surface area contributed by atoms with Crippen LogP contribution in [0.3, 0.4) is 0 Å². The quantitative estimate of drug-likeness (QED) is 0.937. The Morgan fingerprint density at radius 2 is 2.04 bits per heavy atom. The summed E-state index contributed by atoms with van der Waals surface area (Å²) in [5, 5.41) is 4.09. The average Bonchev–Trinajstić information content (AvgIpc) is 2.54. The molecule has 1 saturated heterocycles. The smallest absolute Gasteiger partial charge is 0.315 e. The van der Waals surface area contributed by atoms with Gasteiger partial charge in [-0.05, 0) is 55.5 Å². The van der Waals surface area contributed by atoms with E-state index in [9.17, 15) is 18.0 Å². The summed E-state index contributed by atoms with van der Waals surface area (Å²) in [6.07, 6.45) is 1.55. The zero-order valence-corrected chi connectivity index (χ0v) is 12.7. The molecule has 1 aliphatic rings. The van der Waals surface area contributed by atoms with Crippen molar-refractivity contribution in [2.45, 2.75) is 44.4 Å². The average molecular weight is 324 g/mol. The Kier molecular flexibility index (Phi) is 4.43. The number of hydrogen-bond acceptors (Lipinski definition) is 2. The zero-order valence-electron chi connectivity index (χ0n) is 12.7. The van der Waals surface area contributed by atoms with Gasteiger partial charge in [0.25, 0.3) is 5.56 Å². The molecule has 3 nitrogen and oxygen atoms in total. The molecule has 0 saturated carbocycles. The molecule has 2 heterocycles. The minimum Gasteiger partial charge on any atom is -0.315 e. The van der Waals surface area contributed by atoms with Gasteiger partial charge in [0, 0.05) is 24.2 Å². The third-order valence-electron chi connectivity index (χ3n) is 4.44. The van der Waals surface area contributed by atoms with Gasteiger partial charge in [-0.2, -0.15) is 13.2 Å². The molecule has 23 heavy (non-hydrogen) atoms. The lowest BCUT2D eigenvalue weighted by Crippen LogP contribution is -2.35. The maximum atomic E-state index is 12.7. The second-order valence-corrected chi connectivity index (χ2v) is 6.05. The summed E-state index contributed by atoms with van der Waals surface area (Å²) in [6.45, 7) is 1.59. The van der Waals surface area contributed by atoms with E-state index in [2.05, 4.69) is 5.32 Å². The van der Waals surface area contributed by atoms with E-state index >= 15 is 0 Å². The molecular weight excluding hydrogens is 305 g/mol. The van der Waals surface area contributed by atoms with Crippen LogP contribution in [0, 0.1) is 0 Å². The molecule has 1 fully saturated rings. The lowest BCUT2D eigenvalue weighted by Gasteiger charge is -2.23. The van der Waals surface area contributed by atoms with Gasteiger partial charge in [-0.15, -0.1) is 0 Å². The largest absolute Gasteiger partial charge is 0.416 e. The summed E-state index contributed by atoms with van der Waals surface area (Å²) in [5.74, 6) is 0. The van der Waals surface area contributed by atoms with E-state index in [-0.39, 0.29) is 5.56 Å². The number of hydrogen-bond donors (Lipinski definition) is 1. The van der Waals surface area contributed by atoms with Gasteiger partial charge >= 0.3 is 6.18 Å². The number of fused-ring (bicyclic) bond motifs is 1. The van der Waals surface area contributed by atoms with Crippen LogP contribution in [0.2, 0.25) is 0 Å². The van der Waals surface area contributed by atoms with Crippen LogP contribution in [0.4, 0.5) is 13.2 Å². The molecular formula is C17H19F3N2O. The van der Waals surface area contributed by atoms with Crippen molar-refractivity contribution in [1.82, 2.24) is 9.88 Å². The summed E-state index contributed by atoms with van der Waals surface area (Å²) in [6, 6.07) is 5.27. The van der Waals surface area contributed by atoms with Gasteiger partial charge in [0.05, 0.1) is 5.56 Å². The first-order chi connectivity index (χ1) is 10.9. The lowest BCUT2D eigenvalue weighted by molar-refractivity contribution is -0.137. The molecule has 1 aliphatic heterocycles. The van der Waals surface area contributed by atoms with Crippen LogP contribution in [0.5, 0.6) is 0 Å². The van der Waals surface area contributed by atoms with Crippen molar-refractivity contribution in [3.8, 4) is 0 Å². The normalized spacial score (nSPS) is 19.2. The molecule has 0 radical (unpaired) electrons. The van der Waals surface area contributed by atoms with Crippen molar-refractivity contribution >= 4 is 10.8 Å². The maximum absolute atomic E-state index is 12.7. The van der Waals surface area contributed by atoms with E-state index in [4.69, 9.17) is 0 Å². The number of piperidine rings is 1. The molecule has 0 amide bonds. The third-order valence-corrected chi connectivity index (χ3v) is 4.44. The lowest BCUT2D eigenvalue weighted by atomic mass is 10.0. The van der Waals surface area contributed by atoms with Crippen LogP contribution in [0.15, 0.2) is 35.3 Å². The molecule has 1 atom stereocenters. The number of nitrogens with zero attached hydrogens (tertiary/aromatic N) is 1. The fraction of sp³-hybridized carbons (Fsp3) is 0.471. The van der Waals surface area contributed by atoms with Gasteiger partial charge < -0.3 is 9.88 Å². The van der Waals surface area contributed by atoms with Crippen LogP contribution < -0.4 is 10.9 Å². The Hall–Kier alpha value is -1.82. The molecule has 1 N–H and O–H groups in total. The summed E-state index contributed by atoms with van der Waals surface area (Å²) in [7, 11) is 0. The summed E-state index contributed by atoms with van der Waals surface area (Å²) < 4.78 is 39.8. The van der Waals surface area contributed by atoms with Crippen LogP contribution in [0.25, 0.3) is 10.8 Å². The molecule has 1 aromatic heterocycles. The van der Waals surface area contributed by atoms with Gasteiger partial charge in [0.1, 0.15) is 0 Å². The highest BCUT2D eigenvalue weighted by molar-refractivity contribution is 5.82. The number of rotatable bonds is 3. The van der Waals surface area contributed by atoms with E-state index < -0.39 is 11.7 Å². The molecule has 1 unspecified atom stereocenters.